The molecule has 0 aliphatic carbocycles. The minimum Gasteiger partial charge on any atom is -0.478 e. The Morgan fingerprint density at radius 1 is 1.47 bits per heavy atom. The van der Waals surface area contributed by atoms with Crippen LogP contribution in [0, 0.1) is 0 Å². The molecule has 92 valence electrons. The van der Waals surface area contributed by atoms with Gasteiger partial charge in [0.25, 0.3) is 0 Å². The lowest BCUT2D eigenvalue weighted by Gasteiger charge is -2.27. The predicted octanol–water partition coefficient (Wildman–Crippen LogP) is 2.26. The molecule has 1 atom stereocenters. The molecule has 1 N–H and O–H groups in total. The second-order valence-electron chi connectivity index (χ2n) is 3.58. The number of halogens is 3. The van der Waals surface area contributed by atoms with Crippen molar-refractivity contribution in [3.05, 3.63) is 29.1 Å². The van der Waals surface area contributed by atoms with Crippen LogP contribution in [0.15, 0.2) is 12.1 Å². The maximum Gasteiger partial charge on any atom is 0.433 e. The molecule has 0 saturated carbocycles. The average Bonchev–Trinajstić information content (AvgIpc) is 2.13. The first-order valence-electron chi connectivity index (χ1n) is 4.82. The van der Waals surface area contributed by atoms with Crippen LogP contribution in [-0.4, -0.2) is 22.7 Å². The van der Waals surface area contributed by atoms with Gasteiger partial charge >= 0.3 is 12.1 Å². The number of carbonyl (C=O) groups is 1. The topological polar surface area (TPSA) is 59.4 Å². The van der Waals surface area contributed by atoms with E-state index in [2.05, 4.69) is 4.98 Å². The molecule has 0 spiro atoms. The van der Waals surface area contributed by atoms with E-state index in [1.165, 1.54) is 0 Å². The number of nitrogens with zero attached hydrogens (tertiary/aromatic N) is 1. The average molecular weight is 247 g/mol. The highest BCUT2D eigenvalue weighted by atomic mass is 19.4. The lowest BCUT2D eigenvalue weighted by atomic mass is 10.0. The van der Waals surface area contributed by atoms with E-state index in [1.54, 1.807) is 0 Å². The molecule has 1 aromatic heterocycles. The third kappa shape index (κ3) is 2.23. The van der Waals surface area contributed by atoms with Crippen LogP contribution in [-0.2, 0) is 10.9 Å². The monoisotopic (exact) mass is 247 g/mol. The molecule has 0 aromatic carbocycles. The lowest BCUT2D eigenvalue weighted by Crippen LogP contribution is -2.24. The molecular weight excluding hydrogens is 239 g/mol. The molecule has 7 heteroatoms. The number of pyridine rings is 1. The summed E-state index contributed by atoms with van der Waals surface area (Å²) in [4.78, 5) is 14.2. The molecule has 1 unspecified atom stereocenters. The van der Waals surface area contributed by atoms with Crippen LogP contribution < -0.4 is 0 Å². The SMILES string of the molecule is O=C(O)c1ccc(C(F)(F)F)nc1C1CCO1. The van der Waals surface area contributed by atoms with Crippen LogP contribution in [0.25, 0.3) is 0 Å². The Bertz CT molecular complexity index is 455. The fourth-order valence-electron chi connectivity index (χ4n) is 1.51. The number of aromatic carboxylic acids is 1. The molecule has 0 amide bonds. The minimum atomic E-state index is -4.59. The number of aromatic nitrogens is 1. The Hall–Kier alpha value is -1.63. The summed E-state index contributed by atoms with van der Waals surface area (Å²) in [7, 11) is 0. The Morgan fingerprint density at radius 2 is 2.12 bits per heavy atom. The zero-order valence-corrected chi connectivity index (χ0v) is 8.49. The number of hydrogen-bond donors (Lipinski definition) is 1. The summed E-state index contributed by atoms with van der Waals surface area (Å²) in [6.07, 6.45) is -4.76. The highest BCUT2D eigenvalue weighted by molar-refractivity contribution is 5.89. The second-order valence-corrected chi connectivity index (χ2v) is 3.58. The van der Waals surface area contributed by atoms with E-state index >= 15 is 0 Å². The van der Waals surface area contributed by atoms with Gasteiger partial charge in [-0.05, 0) is 12.1 Å². The fourth-order valence-corrected chi connectivity index (χ4v) is 1.51. The maximum atomic E-state index is 12.4. The molecule has 4 nitrogen and oxygen atoms in total. The number of carboxylic acid groups (broad SMARTS) is 1. The van der Waals surface area contributed by atoms with Gasteiger partial charge in [0.05, 0.1) is 17.9 Å². The van der Waals surface area contributed by atoms with Gasteiger partial charge in [-0.25, -0.2) is 9.78 Å². The number of ether oxygens (including phenoxy) is 1. The molecule has 17 heavy (non-hydrogen) atoms. The van der Waals surface area contributed by atoms with Crippen molar-refractivity contribution >= 4 is 5.97 Å². The van der Waals surface area contributed by atoms with E-state index in [1.807, 2.05) is 0 Å². The van der Waals surface area contributed by atoms with Crippen LogP contribution in [0.5, 0.6) is 0 Å². The third-order valence-electron chi connectivity index (χ3n) is 2.45. The second kappa shape index (κ2) is 3.99. The summed E-state index contributed by atoms with van der Waals surface area (Å²) < 4.78 is 42.3. The van der Waals surface area contributed by atoms with Gasteiger partial charge in [0.1, 0.15) is 11.8 Å². The summed E-state index contributed by atoms with van der Waals surface area (Å²) in [5.41, 5.74) is -1.51. The first kappa shape index (κ1) is 11.8. The van der Waals surface area contributed by atoms with Crippen molar-refractivity contribution in [2.45, 2.75) is 18.7 Å². The molecule has 2 rings (SSSR count). The van der Waals surface area contributed by atoms with Crippen LogP contribution in [0.2, 0.25) is 0 Å². The normalized spacial score (nSPS) is 19.8. The molecule has 1 aliphatic rings. The smallest absolute Gasteiger partial charge is 0.433 e. The number of carboxylic acids is 1. The summed E-state index contributed by atoms with van der Waals surface area (Å²) in [5.74, 6) is -1.31. The van der Waals surface area contributed by atoms with Gasteiger partial charge in [-0.15, -0.1) is 0 Å². The molecule has 0 radical (unpaired) electrons. The summed E-state index contributed by atoms with van der Waals surface area (Å²) in [5, 5.41) is 8.85. The molecule has 1 aromatic rings. The van der Waals surface area contributed by atoms with Gasteiger partial charge < -0.3 is 9.84 Å². The van der Waals surface area contributed by atoms with Crippen molar-refractivity contribution in [1.82, 2.24) is 4.98 Å². The van der Waals surface area contributed by atoms with Gasteiger partial charge in [-0.2, -0.15) is 13.2 Å². The van der Waals surface area contributed by atoms with Crippen molar-refractivity contribution in [2.75, 3.05) is 6.61 Å². The molecule has 1 saturated heterocycles. The van der Waals surface area contributed by atoms with E-state index in [4.69, 9.17) is 9.84 Å². The number of hydrogen-bond acceptors (Lipinski definition) is 3. The van der Waals surface area contributed by atoms with Crippen LogP contribution in [0.4, 0.5) is 13.2 Å². The van der Waals surface area contributed by atoms with Crippen LogP contribution in [0.3, 0.4) is 0 Å². The quantitative estimate of drug-likeness (QED) is 0.870. The van der Waals surface area contributed by atoms with Crippen molar-refractivity contribution in [2.24, 2.45) is 0 Å². The Labute approximate surface area is 94.0 Å². The third-order valence-corrected chi connectivity index (χ3v) is 2.45. The number of rotatable bonds is 2. The maximum absolute atomic E-state index is 12.4. The molecular formula is C10H8F3NO3. The van der Waals surface area contributed by atoms with E-state index in [0.717, 1.165) is 6.07 Å². The van der Waals surface area contributed by atoms with Crippen LogP contribution >= 0.6 is 0 Å². The van der Waals surface area contributed by atoms with Crippen LogP contribution in [0.1, 0.15) is 34.3 Å². The van der Waals surface area contributed by atoms with Crippen molar-refractivity contribution in [3.63, 3.8) is 0 Å². The first-order chi connectivity index (χ1) is 7.89. The summed E-state index contributed by atoms with van der Waals surface area (Å²) in [6, 6.07) is 1.57. The Kier molecular flexibility index (Phi) is 2.78. The summed E-state index contributed by atoms with van der Waals surface area (Å²) in [6.45, 7) is 0.404. The highest BCUT2D eigenvalue weighted by Gasteiger charge is 2.35. The van der Waals surface area contributed by atoms with Crippen molar-refractivity contribution < 1.29 is 27.8 Å². The molecule has 1 fully saturated rings. The van der Waals surface area contributed by atoms with E-state index in [-0.39, 0.29) is 11.3 Å². The van der Waals surface area contributed by atoms with Gasteiger partial charge in [0, 0.05) is 6.42 Å². The largest absolute Gasteiger partial charge is 0.478 e. The Balaban J connectivity index is 2.46. The Morgan fingerprint density at radius 3 is 2.53 bits per heavy atom. The van der Waals surface area contributed by atoms with Crippen molar-refractivity contribution in [3.8, 4) is 0 Å². The zero-order chi connectivity index (χ0) is 12.6. The van der Waals surface area contributed by atoms with Gasteiger partial charge in [-0.1, -0.05) is 0 Å². The van der Waals surface area contributed by atoms with E-state index < -0.39 is 23.9 Å². The fraction of sp³-hybridized carbons (Fsp3) is 0.400. The van der Waals surface area contributed by atoms with Gasteiger partial charge in [0.2, 0.25) is 0 Å². The van der Waals surface area contributed by atoms with E-state index in [9.17, 15) is 18.0 Å². The van der Waals surface area contributed by atoms with Gasteiger partial charge in [0.15, 0.2) is 0 Å². The predicted molar refractivity (Wildman–Crippen MR) is 49.5 cm³/mol. The summed E-state index contributed by atoms with van der Waals surface area (Å²) >= 11 is 0. The lowest BCUT2D eigenvalue weighted by molar-refractivity contribution is -0.141. The van der Waals surface area contributed by atoms with Gasteiger partial charge in [-0.3, -0.25) is 0 Å². The number of alkyl halides is 3. The standard InChI is InChI=1S/C10H8F3NO3/c11-10(12,13)7-2-1-5(9(15)16)8(14-7)6-3-4-17-6/h1-2,6H,3-4H2,(H,15,16). The minimum absolute atomic E-state index is 0.154. The molecule has 1 aliphatic heterocycles. The molecule has 2 heterocycles. The molecule has 0 bridgehead atoms. The van der Waals surface area contributed by atoms with Crippen molar-refractivity contribution in [1.29, 1.82) is 0 Å². The van der Waals surface area contributed by atoms with E-state index in [0.29, 0.717) is 19.1 Å². The first-order valence-corrected chi connectivity index (χ1v) is 4.82. The zero-order valence-electron chi connectivity index (χ0n) is 8.49. The highest BCUT2D eigenvalue weighted by Crippen LogP contribution is 2.34.